The lowest BCUT2D eigenvalue weighted by molar-refractivity contribution is -0.313. The summed E-state index contributed by atoms with van der Waals surface area (Å²) in [4.78, 5) is 35.5. The molecule has 0 unspecified atom stereocenters. The van der Waals surface area contributed by atoms with Crippen molar-refractivity contribution >= 4 is 17.8 Å². The number of carbonyl (C=O) groups is 3. The third kappa shape index (κ3) is 3.73. The highest BCUT2D eigenvalue weighted by Crippen LogP contribution is 2.33. The molecule has 0 fully saturated rings. The molecule has 1 aromatic carbocycles. The number of phenols is 1. The average Bonchev–Trinajstić information content (AvgIpc) is 2.54. The molecule has 0 heterocycles. The number of aromatic hydroxyl groups is 1. The number of allylic oxidation sites excluding steroid dienone is 2. The Morgan fingerprint density at radius 1 is 1.04 bits per heavy atom. The lowest BCUT2D eigenvalue weighted by atomic mass is 9.76. The van der Waals surface area contributed by atoms with Crippen LogP contribution in [-0.2, 0) is 9.59 Å². The minimum Gasteiger partial charge on any atom is -0.550 e. The lowest BCUT2D eigenvalue weighted by Crippen LogP contribution is -2.49. The van der Waals surface area contributed by atoms with Crippen LogP contribution in [0.1, 0.15) is 37.0 Å². The molecule has 2 amide bonds. The van der Waals surface area contributed by atoms with Gasteiger partial charge < -0.3 is 15.0 Å². The molecule has 0 radical (unpaired) electrons. The molecule has 2 atom stereocenters. The van der Waals surface area contributed by atoms with E-state index in [4.69, 9.17) is 0 Å². The first-order valence-corrected chi connectivity index (χ1v) is 7.55. The van der Waals surface area contributed by atoms with Crippen LogP contribution in [0.5, 0.6) is 5.75 Å². The second-order valence-electron chi connectivity index (χ2n) is 5.96. The highest BCUT2D eigenvalue weighted by molar-refractivity contribution is 5.98. The molecule has 24 heavy (non-hydrogen) atoms. The van der Waals surface area contributed by atoms with Crippen molar-refractivity contribution in [3.05, 3.63) is 41.0 Å². The van der Waals surface area contributed by atoms with Crippen LogP contribution in [0.25, 0.3) is 0 Å². The summed E-state index contributed by atoms with van der Waals surface area (Å²) in [5.74, 6) is -4.54. The number of carboxylic acids is 1. The number of aliphatic carboxylic acids is 1. The number of hydrogen-bond donors (Lipinski definition) is 3. The number of nitrogens with one attached hydrogen (secondary N) is 2. The minimum absolute atomic E-state index is 0.00446. The van der Waals surface area contributed by atoms with Crippen molar-refractivity contribution < 1.29 is 24.6 Å². The summed E-state index contributed by atoms with van der Waals surface area (Å²) in [6.07, 6.45) is 0.544. The van der Waals surface area contributed by atoms with Crippen molar-refractivity contribution in [2.75, 3.05) is 0 Å². The molecule has 0 spiro atoms. The number of benzene rings is 1. The number of carbonyl (C=O) groups excluding carboxylic acids is 3. The molecular weight excluding hydrogens is 312 g/mol. The Balaban J connectivity index is 2.05. The van der Waals surface area contributed by atoms with Crippen LogP contribution < -0.4 is 16.0 Å². The largest absolute Gasteiger partial charge is 0.550 e. The van der Waals surface area contributed by atoms with Gasteiger partial charge >= 0.3 is 0 Å². The van der Waals surface area contributed by atoms with Crippen LogP contribution in [0.3, 0.4) is 0 Å². The summed E-state index contributed by atoms with van der Waals surface area (Å²) in [5, 5.41) is 20.9. The number of rotatable bonds is 3. The van der Waals surface area contributed by atoms with E-state index in [0.717, 1.165) is 11.1 Å². The van der Waals surface area contributed by atoms with Gasteiger partial charge in [-0.25, -0.2) is 0 Å². The number of para-hydroxylation sites is 1. The smallest absolute Gasteiger partial charge is 0.273 e. The van der Waals surface area contributed by atoms with Gasteiger partial charge in [0.05, 0.1) is 11.5 Å². The predicted octanol–water partition coefficient (Wildman–Crippen LogP) is 0.266. The Labute approximate surface area is 139 Å². The van der Waals surface area contributed by atoms with Gasteiger partial charge in [-0.1, -0.05) is 23.3 Å². The summed E-state index contributed by atoms with van der Waals surface area (Å²) in [7, 11) is 0. The fourth-order valence-corrected chi connectivity index (χ4v) is 2.76. The van der Waals surface area contributed by atoms with Crippen LogP contribution in [-0.4, -0.2) is 22.9 Å². The molecule has 1 aromatic rings. The number of hydrogen-bond acceptors (Lipinski definition) is 5. The van der Waals surface area contributed by atoms with Gasteiger partial charge in [-0.05, 0) is 38.8 Å². The van der Waals surface area contributed by atoms with Gasteiger partial charge in [0.1, 0.15) is 5.75 Å². The van der Waals surface area contributed by atoms with E-state index in [2.05, 4.69) is 10.9 Å². The molecule has 7 heteroatoms. The van der Waals surface area contributed by atoms with Crippen LogP contribution in [0.15, 0.2) is 35.4 Å². The fourth-order valence-electron chi connectivity index (χ4n) is 2.76. The van der Waals surface area contributed by atoms with Crippen molar-refractivity contribution in [1.82, 2.24) is 10.9 Å². The third-order valence-electron chi connectivity index (χ3n) is 4.35. The Bertz CT molecular complexity index is 711. The van der Waals surface area contributed by atoms with Crippen molar-refractivity contribution in [2.45, 2.75) is 26.7 Å². The number of phenolic OH excluding ortho intramolecular Hbond substituents is 1. The molecular formula is C17H19N2O5-. The maximum Gasteiger partial charge on any atom is 0.273 e. The van der Waals surface area contributed by atoms with Crippen molar-refractivity contribution in [3.8, 4) is 5.75 Å². The zero-order valence-corrected chi connectivity index (χ0v) is 13.5. The van der Waals surface area contributed by atoms with Gasteiger partial charge in [-0.2, -0.15) is 0 Å². The first-order valence-electron chi connectivity index (χ1n) is 7.55. The van der Waals surface area contributed by atoms with Crippen molar-refractivity contribution in [1.29, 1.82) is 0 Å². The first-order chi connectivity index (χ1) is 11.3. The summed E-state index contributed by atoms with van der Waals surface area (Å²) in [6, 6.07) is 5.88. The molecule has 0 saturated heterocycles. The Morgan fingerprint density at radius 2 is 1.62 bits per heavy atom. The maximum absolute atomic E-state index is 12.3. The summed E-state index contributed by atoms with van der Waals surface area (Å²) >= 11 is 0. The highest BCUT2D eigenvalue weighted by Gasteiger charge is 2.33. The van der Waals surface area contributed by atoms with Gasteiger partial charge in [0.25, 0.3) is 5.91 Å². The summed E-state index contributed by atoms with van der Waals surface area (Å²) < 4.78 is 0. The first kappa shape index (κ1) is 17.5. The van der Waals surface area contributed by atoms with Gasteiger partial charge in [0.15, 0.2) is 0 Å². The summed E-state index contributed by atoms with van der Waals surface area (Å²) in [5.41, 5.74) is 6.33. The van der Waals surface area contributed by atoms with Crippen molar-refractivity contribution in [3.63, 3.8) is 0 Å². The Morgan fingerprint density at radius 3 is 2.21 bits per heavy atom. The van der Waals surface area contributed by atoms with E-state index < -0.39 is 29.6 Å². The molecule has 0 bridgehead atoms. The van der Waals surface area contributed by atoms with Crippen LogP contribution in [0, 0.1) is 11.8 Å². The van der Waals surface area contributed by atoms with Crippen LogP contribution in [0.2, 0.25) is 0 Å². The summed E-state index contributed by atoms with van der Waals surface area (Å²) in [6.45, 7) is 3.68. The number of carboxylic acid groups (broad SMARTS) is 1. The van der Waals surface area contributed by atoms with E-state index in [0.29, 0.717) is 6.42 Å². The van der Waals surface area contributed by atoms with E-state index in [1.165, 1.54) is 12.1 Å². The molecule has 128 valence electrons. The topological polar surface area (TPSA) is 119 Å². The lowest BCUT2D eigenvalue weighted by Gasteiger charge is -2.32. The normalized spacial score (nSPS) is 20.4. The SMILES string of the molecule is CC1=C(C)C[C@@H](C(=O)[O-])[C@@H](C(=O)NNC(=O)c2ccccc2O)C1. The van der Waals surface area contributed by atoms with Gasteiger partial charge in [-0.3, -0.25) is 20.4 Å². The zero-order chi connectivity index (χ0) is 17.9. The molecule has 1 aliphatic rings. The molecule has 0 saturated carbocycles. The average molecular weight is 331 g/mol. The molecule has 7 nitrogen and oxygen atoms in total. The predicted molar refractivity (Wildman–Crippen MR) is 83.3 cm³/mol. The Kier molecular flexibility index (Phi) is 5.23. The molecule has 0 aromatic heterocycles. The molecule has 3 N–H and O–H groups in total. The van der Waals surface area contributed by atoms with Gasteiger partial charge in [0.2, 0.25) is 5.91 Å². The van der Waals surface area contributed by atoms with Crippen LogP contribution in [0.4, 0.5) is 0 Å². The van der Waals surface area contributed by atoms with Crippen molar-refractivity contribution in [2.24, 2.45) is 11.8 Å². The van der Waals surface area contributed by atoms with Gasteiger partial charge in [0, 0.05) is 11.9 Å². The quantitative estimate of drug-likeness (QED) is 0.542. The monoisotopic (exact) mass is 331 g/mol. The van der Waals surface area contributed by atoms with Crippen LogP contribution >= 0.6 is 0 Å². The fraction of sp³-hybridized carbons (Fsp3) is 0.353. The number of amides is 2. The van der Waals surface area contributed by atoms with E-state index in [-0.39, 0.29) is 17.7 Å². The van der Waals surface area contributed by atoms with E-state index in [9.17, 15) is 24.6 Å². The Hall–Kier alpha value is -2.83. The third-order valence-corrected chi connectivity index (χ3v) is 4.35. The zero-order valence-electron chi connectivity index (χ0n) is 13.5. The maximum atomic E-state index is 12.3. The second-order valence-corrected chi connectivity index (χ2v) is 5.96. The van der Waals surface area contributed by atoms with Gasteiger partial charge in [-0.15, -0.1) is 0 Å². The number of hydrazine groups is 1. The highest BCUT2D eigenvalue weighted by atomic mass is 16.4. The molecule has 0 aliphatic heterocycles. The second kappa shape index (κ2) is 7.16. The van der Waals surface area contributed by atoms with E-state index in [1.807, 2.05) is 13.8 Å². The minimum atomic E-state index is -1.28. The standard InChI is InChI=1S/C17H20N2O5/c1-9-7-12(13(17(23)24)8-10(9)2)16(22)19-18-15(21)11-5-3-4-6-14(11)20/h3-6,12-13,20H,7-8H2,1-2H3,(H,18,21)(H,19,22)(H,23,24)/p-1/t12-,13+/m0/s1. The molecule has 1 aliphatic carbocycles. The van der Waals surface area contributed by atoms with E-state index in [1.54, 1.807) is 12.1 Å². The molecule has 2 rings (SSSR count). The van der Waals surface area contributed by atoms with E-state index >= 15 is 0 Å².